The number of fused-ring (bicyclic) bond motifs is 9. The summed E-state index contributed by atoms with van der Waals surface area (Å²) in [5, 5.41) is 7.09. The predicted molar refractivity (Wildman–Crippen MR) is 234 cm³/mol. The summed E-state index contributed by atoms with van der Waals surface area (Å²) in [6, 6.07) is 68.4. The molecule has 12 aromatic rings. The maximum absolute atomic E-state index is 6.30. The molecule has 0 N–H and O–H groups in total. The van der Waals surface area contributed by atoms with E-state index in [1.165, 1.54) is 32.6 Å². The first-order valence-electron chi connectivity index (χ1n) is 19.2. The number of hydrogen-bond acceptors (Lipinski definition) is 3. The molecule has 0 amide bonds. The second-order valence-electron chi connectivity index (χ2n) is 14.6. The van der Waals surface area contributed by atoms with E-state index in [4.69, 9.17) is 14.4 Å². The van der Waals surface area contributed by atoms with Gasteiger partial charge in [0, 0.05) is 60.4 Å². The van der Waals surface area contributed by atoms with Crippen molar-refractivity contribution in [2.75, 3.05) is 0 Å². The van der Waals surface area contributed by atoms with Gasteiger partial charge in [0.15, 0.2) is 5.82 Å². The van der Waals surface area contributed by atoms with E-state index in [0.717, 1.165) is 72.4 Å². The predicted octanol–water partition coefficient (Wildman–Crippen LogP) is 13.6. The van der Waals surface area contributed by atoms with Crippen molar-refractivity contribution in [2.24, 2.45) is 0 Å². The summed E-state index contributed by atoms with van der Waals surface area (Å²) >= 11 is 0. The third kappa shape index (κ3) is 4.96. The molecule has 4 heterocycles. The Kier molecular flexibility index (Phi) is 6.86. The first-order valence-corrected chi connectivity index (χ1v) is 19.2. The molecule has 5 nitrogen and oxygen atoms in total. The fourth-order valence-corrected chi connectivity index (χ4v) is 8.71. The van der Waals surface area contributed by atoms with E-state index in [2.05, 4.69) is 167 Å². The molecule has 4 aromatic heterocycles. The van der Waals surface area contributed by atoms with Crippen LogP contribution in [0.25, 0.3) is 111 Å². The van der Waals surface area contributed by atoms with Crippen molar-refractivity contribution in [3.63, 3.8) is 0 Å². The van der Waals surface area contributed by atoms with Gasteiger partial charge in [-0.05, 0) is 72.8 Å². The quantitative estimate of drug-likeness (QED) is 0.177. The summed E-state index contributed by atoms with van der Waals surface area (Å²) in [6.07, 6.45) is 0. The minimum Gasteiger partial charge on any atom is -0.456 e. The number of rotatable bonds is 5. The second kappa shape index (κ2) is 12.4. The van der Waals surface area contributed by atoms with E-state index >= 15 is 0 Å². The molecule has 8 aromatic carbocycles. The molecular weight excluding hydrogens is 697 g/mol. The van der Waals surface area contributed by atoms with Gasteiger partial charge in [-0.1, -0.05) is 121 Å². The Morgan fingerprint density at radius 1 is 0.316 bits per heavy atom. The monoisotopic (exact) mass is 728 g/mol. The molecule has 5 heteroatoms. The van der Waals surface area contributed by atoms with Crippen LogP contribution in [-0.2, 0) is 0 Å². The van der Waals surface area contributed by atoms with Gasteiger partial charge in [0.25, 0.3) is 0 Å². The first kappa shape index (κ1) is 31.6. The summed E-state index contributed by atoms with van der Waals surface area (Å²) in [7, 11) is 0. The minimum atomic E-state index is 0.658. The zero-order chi connectivity index (χ0) is 37.5. The number of nitrogens with zero attached hydrogens (tertiary/aromatic N) is 4. The van der Waals surface area contributed by atoms with Gasteiger partial charge in [-0.2, -0.15) is 0 Å². The zero-order valence-corrected chi connectivity index (χ0v) is 30.7. The van der Waals surface area contributed by atoms with E-state index in [1.54, 1.807) is 0 Å². The van der Waals surface area contributed by atoms with Crippen molar-refractivity contribution in [1.82, 2.24) is 19.1 Å². The van der Waals surface area contributed by atoms with Gasteiger partial charge in [0.2, 0.25) is 0 Å². The van der Waals surface area contributed by atoms with Gasteiger partial charge in [-0.25, -0.2) is 9.97 Å². The van der Waals surface area contributed by atoms with Crippen LogP contribution in [0.15, 0.2) is 199 Å². The summed E-state index contributed by atoms with van der Waals surface area (Å²) in [4.78, 5) is 10.5. The van der Waals surface area contributed by atoms with Crippen molar-refractivity contribution in [1.29, 1.82) is 0 Å². The van der Waals surface area contributed by atoms with Crippen molar-refractivity contribution in [3.05, 3.63) is 194 Å². The fraction of sp³-hybridized carbons (Fsp3) is 0. The SMILES string of the molecule is c1ccc(-c2cc(-c3ccc4c(c3)oc3ccccc34)nc(-c3cccc(-n4c5ccccc5c5cc6c7ccccc7n(-c7ccccc7)c6cc54)c3)n2)cc1. The molecule has 0 bridgehead atoms. The van der Waals surface area contributed by atoms with E-state index in [1.807, 2.05) is 36.4 Å². The highest BCUT2D eigenvalue weighted by atomic mass is 16.3. The Bertz CT molecular complexity index is 3520. The van der Waals surface area contributed by atoms with Gasteiger partial charge in [0.05, 0.1) is 33.5 Å². The van der Waals surface area contributed by atoms with Crippen molar-refractivity contribution < 1.29 is 4.42 Å². The van der Waals surface area contributed by atoms with Crippen molar-refractivity contribution >= 4 is 65.6 Å². The van der Waals surface area contributed by atoms with E-state index in [9.17, 15) is 0 Å². The molecule has 0 saturated heterocycles. The van der Waals surface area contributed by atoms with Crippen LogP contribution in [-0.4, -0.2) is 19.1 Å². The van der Waals surface area contributed by atoms with Crippen LogP contribution in [0.2, 0.25) is 0 Å². The molecule has 0 fully saturated rings. The molecule has 0 radical (unpaired) electrons. The molecule has 0 atom stereocenters. The average molecular weight is 729 g/mol. The van der Waals surface area contributed by atoms with Crippen LogP contribution in [0.1, 0.15) is 0 Å². The van der Waals surface area contributed by atoms with E-state index in [-0.39, 0.29) is 0 Å². The topological polar surface area (TPSA) is 48.8 Å². The largest absolute Gasteiger partial charge is 0.456 e. The second-order valence-corrected chi connectivity index (χ2v) is 14.6. The van der Waals surface area contributed by atoms with Crippen molar-refractivity contribution in [3.8, 4) is 45.3 Å². The van der Waals surface area contributed by atoms with E-state index in [0.29, 0.717) is 5.82 Å². The molecule has 266 valence electrons. The van der Waals surface area contributed by atoms with Crippen molar-refractivity contribution in [2.45, 2.75) is 0 Å². The first-order chi connectivity index (χ1) is 28.2. The maximum atomic E-state index is 6.30. The normalized spacial score (nSPS) is 11.9. The maximum Gasteiger partial charge on any atom is 0.160 e. The molecule has 0 unspecified atom stereocenters. The lowest BCUT2D eigenvalue weighted by Crippen LogP contribution is -1.98. The van der Waals surface area contributed by atoms with Crippen LogP contribution in [0.3, 0.4) is 0 Å². The van der Waals surface area contributed by atoms with Crippen LogP contribution in [0.4, 0.5) is 0 Å². The van der Waals surface area contributed by atoms with Gasteiger partial charge in [-0.3, -0.25) is 0 Å². The number of furan rings is 1. The van der Waals surface area contributed by atoms with E-state index < -0.39 is 0 Å². The molecule has 57 heavy (non-hydrogen) atoms. The zero-order valence-electron chi connectivity index (χ0n) is 30.7. The lowest BCUT2D eigenvalue weighted by Gasteiger charge is -2.12. The highest BCUT2D eigenvalue weighted by Gasteiger charge is 2.19. The van der Waals surface area contributed by atoms with Gasteiger partial charge in [-0.15, -0.1) is 0 Å². The Morgan fingerprint density at radius 2 is 0.877 bits per heavy atom. The standard InChI is InChI=1S/C52H32N4O/c1-3-14-33(15-4-1)44-31-45(34-26-27-41-40-22-9-12-25-50(40)57-51(41)29-34)54-52(53-44)35-16-13-19-37(28-35)56-47-24-11-8-21-39(47)43-30-42-38-20-7-10-23-46(38)55(48(42)32-49(43)56)36-17-5-2-6-18-36/h1-32H. The Hall–Kier alpha value is -7.76. The molecule has 0 aliphatic rings. The minimum absolute atomic E-state index is 0.658. The average Bonchev–Trinajstić information content (AvgIpc) is 3.93. The summed E-state index contributed by atoms with van der Waals surface area (Å²) in [6.45, 7) is 0. The number of aromatic nitrogens is 4. The number of benzene rings is 8. The lowest BCUT2D eigenvalue weighted by atomic mass is 10.0. The lowest BCUT2D eigenvalue weighted by molar-refractivity contribution is 0.669. The molecule has 0 spiro atoms. The van der Waals surface area contributed by atoms with Crippen LogP contribution in [0, 0.1) is 0 Å². The Labute approximate surface area is 327 Å². The molecule has 0 aliphatic carbocycles. The summed E-state index contributed by atoms with van der Waals surface area (Å²) in [5.74, 6) is 0.658. The molecule has 0 aliphatic heterocycles. The van der Waals surface area contributed by atoms with Crippen LogP contribution < -0.4 is 0 Å². The van der Waals surface area contributed by atoms with Gasteiger partial charge < -0.3 is 13.6 Å². The highest BCUT2D eigenvalue weighted by molar-refractivity contribution is 6.19. The third-order valence-corrected chi connectivity index (χ3v) is 11.3. The van der Waals surface area contributed by atoms with Gasteiger partial charge in [0.1, 0.15) is 11.2 Å². The highest BCUT2D eigenvalue weighted by Crippen LogP contribution is 2.40. The third-order valence-electron chi connectivity index (χ3n) is 11.3. The van der Waals surface area contributed by atoms with Gasteiger partial charge >= 0.3 is 0 Å². The number of hydrogen-bond donors (Lipinski definition) is 0. The Morgan fingerprint density at radius 3 is 1.61 bits per heavy atom. The van der Waals surface area contributed by atoms with Crippen LogP contribution >= 0.6 is 0 Å². The smallest absolute Gasteiger partial charge is 0.160 e. The molecule has 0 saturated carbocycles. The molecule has 12 rings (SSSR count). The molecular formula is C52H32N4O. The fourth-order valence-electron chi connectivity index (χ4n) is 8.71. The summed E-state index contributed by atoms with van der Waals surface area (Å²) < 4.78 is 11.1. The number of para-hydroxylation sites is 4. The van der Waals surface area contributed by atoms with Crippen LogP contribution in [0.5, 0.6) is 0 Å². The Balaban J connectivity index is 1.07. The summed E-state index contributed by atoms with van der Waals surface area (Å²) in [5.41, 5.74) is 13.2.